The Bertz CT molecular complexity index is 3190. The van der Waals surface area contributed by atoms with Gasteiger partial charge in [-0.15, -0.1) is 0 Å². The van der Waals surface area contributed by atoms with Gasteiger partial charge in [-0.1, -0.05) is 72.4 Å². The SMILES string of the molecule is C=C(C)C(=O)OCCO[Si](C)(C)O[Si](C)(C)OCCOC(=O)C(=C)C.C=C(C)C(=O)OCCO[Si](C)(C)O[Si](C)(C)OCCOC(=O)C(=C)C.C=CC(=O)OCCO[Si](C)(C)O[Si](C)(C)C.C=CC(=O)OCCO[Si](C)(C)O[Si](C)(C)OCCOC(=O)C(=C)C.C=CC(=O)OCCO[Si](C)(C)O[Si](C)(C)OCCOC(=O)C=C.C=CO[Si](C)(C)O[Si](C)(C)OC=C. The summed E-state index contributed by atoms with van der Waals surface area (Å²) in [6, 6.07) is 0. The summed E-state index contributed by atoms with van der Waals surface area (Å²) in [5.74, 6) is -4.07. The molecular weight excluding hydrogens is 1850 g/mol. The molecule has 0 saturated carbocycles. The Morgan fingerprint density at radius 2 is 0.325 bits per heavy atom. The van der Waals surface area contributed by atoms with Crippen LogP contribution in [0.4, 0.5) is 0 Å². The van der Waals surface area contributed by atoms with E-state index in [4.69, 9.17) is 116 Å². The van der Waals surface area contributed by atoms with Crippen LogP contribution in [-0.4, -0.2) is 275 Å². The number of carbonyl (C=O) groups is 9. The van der Waals surface area contributed by atoms with E-state index in [1.54, 1.807) is 34.6 Å². The van der Waals surface area contributed by atoms with Gasteiger partial charge >= 0.3 is 148 Å². The first-order valence-corrected chi connectivity index (χ1v) is 74.5. The van der Waals surface area contributed by atoms with Crippen molar-refractivity contribution in [2.75, 3.05) is 119 Å². The highest BCUT2D eigenvalue weighted by Gasteiger charge is 2.42. The fourth-order valence-electron chi connectivity index (χ4n) is 9.09. The molecule has 0 heterocycles. The van der Waals surface area contributed by atoms with Crippen LogP contribution in [0.25, 0.3) is 0 Å². The summed E-state index contributed by atoms with van der Waals surface area (Å²) in [5.41, 5.74) is 1.75. The second kappa shape index (κ2) is 66.4. The molecule has 0 radical (unpaired) electrons. The third-order valence-electron chi connectivity index (χ3n) is 13.1. The maximum absolute atomic E-state index is 11.3. The molecule has 0 amide bonds. The van der Waals surface area contributed by atoms with Crippen LogP contribution in [0.15, 0.2) is 137 Å². The first kappa shape index (κ1) is 131. The third kappa shape index (κ3) is 84.8. The average molecular weight is 2000 g/mol. The van der Waals surface area contributed by atoms with Crippen molar-refractivity contribution < 1.29 is 159 Å². The number of hydrogen-bond acceptors (Lipinski definition) is 35. The van der Waals surface area contributed by atoms with Crippen LogP contribution in [0.1, 0.15) is 34.6 Å². The van der Waals surface area contributed by atoms with E-state index in [0.29, 0.717) is 34.5 Å². The third-order valence-corrected chi connectivity index (χ3v) is 46.7. The quantitative estimate of drug-likeness (QED) is 0.0136. The molecule has 0 aliphatic carbocycles. The number of hydrogen-bond donors (Lipinski definition) is 0. The summed E-state index contributed by atoms with van der Waals surface area (Å²) in [6.07, 6.45) is 7.28. The van der Waals surface area contributed by atoms with Gasteiger partial charge in [0.05, 0.1) is 72.0 Å². The molecule has 0 bridgehead atoms. The first-order chi connectivity index (χ1) is 57.3. The minimum absolute atomic E-state index is 0.143. The van der Waals surface area contributed by atoms with Crippen LogP contribution in [-0.2, 0) is 159 Å². The van der Waals surface area contributed by atoms with Crippen LogP contribution in [0.3, 0.4) is 0 Å². The van der Waals surface area contributed by atoms with Gasteiger partial charge in [-0.05, 0) is 198 Å². The molecule has 0 N–H and O–H groups in total. The van der Waals surface area contributed by atoms with Crippen molar-refractivity contribution in [3.8, 4) is 0 Å². The molecule has 0 spiro atoms. The topological polar surface area (TPSA) is 394 Å². The fourth-order valence-corrected chi connectivity index (χ4v) is 47.2. The van der Waals surface area contributed by atoms with Crippen molar-refractivity contribution in [2.45, 2.75) is 198 Å². The lowest BCUT2D eigenvalue weighted by Crippen LogP contribution is -2.49. The summed E-state index contributed by atoms with van der Waals surface area (Å²) in [4.78, 5) is 99.9. The van der Waals surface area contributed by atoms with E-state index in [1.807, 2.05) is 144 Å². The van der Waals surface area contributed by atoms with E-state index < -0.39 is 156 Å². The van der Waals surface area contributed by atoms with Gasteiger partial charge in [0.2, 0.25) is 0 Å². The molecule has 0 aliphatic rings. The Morgan fingerprint density at radius 3 is 0.444 bits per heavy atom. The maximum atomic E-state index is 11.3. The molecule has 126 heavy (non-hydrogen) atoms. The molecule has 0 fully saturated rings. The van der Waals surface area contributed by atoms with Crippen molar-refractivity contribution in [3.63, 3.8) is 0 Å². The van der Waals surface area contributed by atoms with E-state index in [9.17, 15) is 43.2 Å². The first-order valence-electron chi connectivity index (χ1n) is 40.2. The van der Waals surface area contributed by atoms with Gasteiger partial charge in [0.25, 0.3) is 0 Å². The molecule has 0 saturated heterocycles. The van der Waals surface area contributed by atoms with Gasteiger partial charge in [0.1, 0.15) is 59.5 Å². The van der Waals surface area contributed by atoms with E-state index in [2.05, 4.69) is 92.0 Å². The molecule has 0 aliphatic heterocycles. The van der Waals surface area contributed by atoms with Gasteiger partial charge in [-0.25, -0.2) is 43.2 Å². The lowest BCUT2D eigenvalue weighted by atomic mass is 10.4. The summed E-state index contributed by atoms with van der Waals surface area (Å²) in [5, 5.41) is 0. The number of ether oxygens (including phenoxy) is 9. The Balaban J connectivity index is -0.000000347. The molecule has 47 heteroatoms. The van der Waals surface area contributed by atoms with Gasteiger partial charge in [0, 0.05) is 52.2 Å². The van der Waals surface area contributed by atoms with Crippen molar-refractivity contribution >= 4 is 156 Å². The number of carbonyl (C=O) groups excluding carboxylic acids is 9. The lowest BCUT2D eigenvalue weighted by molar-refractivity contribution is -0.140. The summed E-state index contributed by atoms with van der Waals surface area (Å²) in [7, 11) is -27.3. The van der Waals surface area contributed by atoms with E-state index >= 15 is 0 Å². The van der Waals surface area contributed by atoms with Gasteiger partial charge < -0.3 is 116 Å². The predicted molar refractivity (Wildman–Crippen MR) is 512 cm³/mol. The predicted octanol–water partition coefficient (Wildman–Crippen LogP) is 14.6. The van der Waals surface area contributed by atoms with Crippen LogP contribution < -0.4 is 0 Å². The molecule has 0 aromatic heterocycles. The van der Waals surface area contributed by atoms with Crippen LogP contribution in [0.2, 0.25) is 164 Å². The van der Waals surface area contributed by atoms with E-state index in [0.717, 1.165) is 24.3 Å². The standard InChI is InChI=1S/2C16H30O7Si2.C15H28O7Si2.C14H26O7Si2.C10H22O4Si2.C8H18O3Si2/c2*1-13(2)15(17)19-9-11-21-24(5,6)23-25(7,8)22-12-10-20-16(18)14(3)4;1-8-14(16)18-9-11-20-23(4,5)22-24(6,7)21-12-10-19-15(17)13(2)3;1-7-13(15)17-9-11-19-22(3,4)21-23(5,6)20-12-10-18-14(16)8-2;1-7-10(11)12-8-9-13-16(5,6)14-15(2,3)4;1-7-9-12(3,4)11-13(5,6)10-8-2/h2*1,3,9-12H2,2,4-8H3;8H,1-2,9-12H2,3-7H3;7-8H,1-2,9-12H2,3-6H3;7H,1,8-9H2,2-6H3;7-8H,1-2H2,3-6H3. The van der Waals surface area contributed by atoms with E-state index in [-0.39, 0.29) is 112 Å². The fraction of sp³-hybridized carbons (Fsp3) is 0.608. The Kier molecular flexibility index (Phi) is 68.8. The molecule has 0 aromatic carbocycles. The summed E-state index contributed by atoms with van der Waals surface area (Å²) in [6.45, 7) is 98.0. The molecule has 0 unspecified atom stereocenters. The van der Waals surface area contributed by atoms with Crippen LogP contribution >= 0.6 is 0 Å². The molecular formula is C79H154O35Si12. The minimum atomic E-state index is -2.44. The van der Waals surface area contributed by atoms with Gasteiger partial charge in [0.15, 0.2) is 8.32 Å². The van der Waals surface area contributed by atoms with Gasteiger partial charge in [-0.3, -0.25) is 0 Å². The zero-order valence-electron chi connectivity index (χ0n) is 81.3. The van der Waals surface area contributed by atoms with Crippen molar-refractivity contribution in [2.24, 2.45) is 0 Å². The summed E-state index contributed by atoms with van der Waals surface area (Å²) < 4.78 is 142. The number of esters is 9. The van der Waals surface area contributed by atoms with Crippen molar-refractivity contribution in [3.05, 3.63) is 137 Å². The minimum Gasteiger partial charge on any atom is -0.528 e. The smallest absolute Gasteiger partial charge is 0.383 e. The average Bonchev–Trinajstić information content (AvgIpc) is 0.893. The molecule has 35 nitrogen and oxygen atoms in total. The lowest BCUT2D eigenvalue weighted by Gasteiger charge is -2.32. The Hall–Kier alpha value is -6.03. The largest absolute Gasteiger partial charge is 0.528 e. The second-order valence-electron chi connectivity index (χ2n) is 32.4. The van der Waals surface area contributed by atoms with Crippen LogP contribution in [0.5, 0.6) is 0 Å². The molecule has 0 rings (SSSR count). The van der Waals surface area contributed by atoms with Crippen LogP contribution in [0, 0.1) is 0 Å². The monoisotopic (exact) mass is 2000 g/mol. The molecule has 728 valence electrons. The van der Waals surface area contributed by atoms with Gasteiger partial charge in [-0.2, -0.15) is 0 Å². The molecule has 0 aromatic rings. The Morgan fingerprint density at radius 1 is 0.198 bits per heavy atom. The highest BCUT2D eigenvalue weighted by Crippen LogP contribution is 2.23. The zero-order valence-corrected chi connectivity index (χ0v) is 93.3. The van der Waals surface area contributed by atoms with E-state index in [1.165, 1.54) is 12.5 Å². The normalized spacial score (nSPS) is 11.8. The zero-order chi connectivity index (χ0) is 99.4. The highest BCUT2D eigenvalue weighted by atomic mass is 28.5. The molecule has 0 atom stereocenters. The maximum Gasteiger partial charge on any atom is 0.383 e. The summed E-state index contributed by atoms with van der Waals surface area (Å²) >= 11 is 0. The number of rotatable bonds is 61. The van der Waals surface area contributed by atoms with Crippen molar-refractivity contribution in [1.29, 1.82) is 0 Å². The van der Waals surface area contributed by atoms with Crippen molar-refractivity contribution in [1.82, 2.24) is 0 Å². The second-order valence-corrected chi connectivity index (χ2v) is 75.4. The Labute approximate surface area is 764 Å². The highest BCUT2D eigenvalue weighted by molar-refractivity contribution is 6.82.